The molecule has 0 radical (unpaired) electrons. The summed E-state index contributed by atoms with van der Waals surface area (Å²) in [4.78, 5) is 25.4. The van der Waals surface area contributed by atoms with Crippen molar-refractivity contribution < 1.29 is 28.5 Å². The van der Waals surface area contributed by atoms with Crippen molar-refractivity contribution in [3.63, 3.8) is 0 Å². The smallest absolute Gasteiger partial charge is 0.343 e. The van der Waals surface area contributed by atoms with Gasteiger partial charge >= 0.3 is 18.2 Å². The maximum absolute atomic E-state index is 12.9. The van der Waals surface area contributed by atoms with Crippen LogP contribution in [0.4, 0.5) is 0 Å². The van der Waals surface area contributed by atoms with Crippen LogP contribution < -0.4 is 24.4 Å². The third-order valence-corrected chi connectivity index (χ3v) is 6.16. The number of carbonyl (C=O) groups excluding carboxylic acids is 2. The van der Waals surface area contributed by atoms with Crippen molar-refractivity contribution in [1.82, 2.24) is 5.43 Å². The van der Waals surface area contributed by atoms with Crippen LogP contribution in [-0.2, 0) is 4.79 Å². The number of nitrogens with one attached hydrogen (secondary N) is 1. The summed E-state index contributed by atoms with van der Waals surface area (Å²) in [5.74, 6) is 0.0314. The van der Waals surface area contributed by atoms with Crippen LogP contribution in [0.15, 0.2) is 101 Å². The molecule has 0 spiro atoms. The minimum atomic E-state index is -1.38. The predicted molar refractivity (Wildman–Crippen MR) is 156 cm³/mol. The molecule has 0 saturated heterocycles. The van der Waals surface area contributed by atoms with Gasteiger partial charge in [-0.1, -0.05) is 45.2 Å². The molecule has 4 rings (SSSR count). The van der Waals surface area contributed by atoms with Crippen molar-refractivity contribution in [2.75, 3.05) is 7.11 Å². The summed E-state index contributed by atoms with van der Waals surface area (Å²) in [5, 5.41) is 5.03. The van der Waals surface area contributed by atoms with Crippen molar-refractivity contribution in [3.8, 4) is 23.0 Å². The van der Waals surface area contributed by atoms with E-state index in [1.54, 1.807) is 91.0 Å². The number of ether oxygens (including phenoxy) is 4. The second-order valence-electron chi connectivity index (χ2n) is 8.02. The molecule has 40 heavy (non-hydrogen) atoms. The molecule has 11 heteroatoms. The summed E-state index contributed by atoms with van der Waals surface area (Å²) < 4.78 is 23.1. The fourth-order valence-electron chi connectivity index (χ4n) is 3.25. The Morgan fingerprint density at radius 1 is 0.850 bits per heavy atom. The molecule has 0 saturated carbocycles. The Morgan fingerprint density at radius 3 is 2.05 bits per heavy atom. The normalized spacial score (nSPS) is 10.8. The quantitative estimate of drug-likeness (QED) is 0.0663. The highest BCUT2D eigenvalue weighted by molar-refractivity contribution is 9.10. The molecule has 204 valence electrons. The Morgan fingerprint density at radius 2 is 1.48 bits per heavy atom. The van der Waals surface area contributed by atoms with E-state index in [-0.39, 0.29) is 5.75 Å². The Balaban J connectivity index is 1.44. The third-order valence-electron chi connectivity index (χ3n) is 5.17. The van der Waals surface area contributed by atoms with Crippen LogP contribution in [0.2, 0.25) is 10.0 Å². The van der Waals surface area contributed by atoms with E-state index in [0.717, 1.165) is 4.47 Å². The molecule has 0 bridgehead atoms. The Labute approximate surface area is 248 Å². The molecule has 0 atom stereocenters. The van der Waals surface area contributed by atoms with Gasteiger partial charge in [0.25, 0.3) is 0 Å². The number of methoxy groups -OCH3 is 1. The molecule has 4 aromatic rings. The number of hydrazone groups is 1. The van der Waals surface area contributed by atoms with Gasteiger partial charge in [-0.2, -0.15) is 5.10 Å². The molecule has 0 heterocycles. The predicted octanol–water partition coefficient (Wildman–Crippen LogP) is 6.92. The lowest BCUT2D eigenvalue weighted by atomic mass is 10.2. The van der Waals surface area contributed by atoms with Crippen LogP contribution in [-0.4, -0.2) is 31.5 Å². The van der Waals surface area contributed by atoms with Crippen LogP contribution >= 0.6 is 39.1 Å². The van der Waals surface area contributed by atoms with Crippen LogP contribution in [0.5, 0.6) is 23.0 Å². The maximum atomic E-state index is 12.9. The van der Waals surface area contributed by atoms with Gasteiger partial charge in [0.15, 0.2) is 11.5 Å². The third kappa shape index (κ3) is 8.22. The topological polar surface area (TPSA) is 95.5 Å². The first-order valence-electron chi connectivity index (χ1n) is 11.6. The SMILES string of the molecule is COc1cc(/C=N/NC(=O)C(Oc2ccc(Cl)cc2)Oc2ccc(Cl)cc2)ccc1OC(=O)c1cccc(Br)c1. The molecule has 0 aliphatic rings. The van der Waals surface area contributed by atoms with Gasteiger partial charge in [-0.25, -0.2) is 10.2 Å². The van der Waals surface area contributed by atoms with Crippen molar-refractivity contribution in [2.24, 2.45) is 5.10 Å². The van der Waals surface area contributed by atoms with Crippen molar-refractivity contribution in [1.29, 1.82) is 0 Å². The van der Waals surface area contributed by atoms with E-state index in [4.69, 9.17) is 42.1 Å². The van der Waals surface area contributed by atoms with E-state index in [0.29, 0.717) is 38.4 Å². The first-order valence-corrected chi connectivity index (χ1v) is 13.2. The fraction of sp³-hybridized carbons (Fsp3) is 0.0690. The number of rotatable bonds is 10. The first kappa shape index (κ1) is 28.9. The van der Waals surface area contributed by atoms with E-state index in [2.05, 4.69) is 26.5 Å². The number of benzene rings is 4. The lowest BCUT2D eigenvalue weighted by molar-refractivity contribution is -0.140. The summed E-state index contributed by atoms with van der Waals surface area (Å²) in [6.45, 7) is 0. The minimum Gasteiger partial charge on any atom is -0.493 e. The molecular weight excluding hydrogens is 623 g/mol. The molecule has 0 unspecified atom stereocenters. The number of esters is 1. The summed E-state index contributed by atoms with van der Waals surface area (Å²) in [7, 11) is 1.45. The summed E-state index contributed by atoms with van der Waals surface area (Å²) >= 11 is 15.2. The lowest BCUT2D eigenvalue weighted by Crippen LogP contribution is -2.40. The standard InChI is InChI=1S/C29H21BrCl2N2O6/c1-37-26-15-18(5-14-25(26)40-28(36)19-3-2-4-20(30)16-19)17-33-34-27(35)29(38-23-10-6-21(31)7-11-23)39-24-12-8-22(32)9-13-24/h2-17,29H,1H3,(H,34,35)/b33-17+. The fourth-order valence-corrected chi connectivity index (χ4v) is 3.90. The highest BCUT2D eigenvalue weighted by Crippen LogP contribution is 2.29. The van der Waals surface area contributed by atoms with Gasteiger partial charge in [-0.05, 0) is 90.5 Å². The first-order chi connectivity index (χ1) is 19.3. The molecule has 0 aromatic heterocycles. The van der Waals surface area contributed by atoms with E-state index in [1.807, 2.05) is 0 Å². The van der Waals surface area contributed by atoms with Crippen molar-refractivity contribution in [3.05, 3.63) is 117 Å². The molecular formula is C29H21BrCl2N2O6. The molecule has 0 fully saturated rings. The van der Waals surface area contributed by atoms with Gasteiger partial charge in [-0.15, -0.1) is 0 Å². The van der Waals surface area contributed by atoms with E-state index >= 15 is 0 Å². The number of amides is 1. The van der Waals surface area contributed by atoms with Gasteiger partial charge in [0, 0.05) is 14.5 Å². The van der Waals surface area contributed by atoms with Gasteiger partial charge in [0.2, 0.25) is 0 Å². The van der Waals surface area contributed by atoms with E-state index in [1.165, 1.54) is 13.3 Å². The number of hydrogen-bond acceptors (Lipinski definition) is 7. The second-order valence-corrected chi connectivity index (χ2v) is 9.81. The van der Waals surface area contributed by atoms with Gasteiger partial charge in [0.1, 0.15) is 11.5 Å². The largest absolute Gasteiger partial charge is 0.493 e. The maximum Gasteiger partial charge on any atom is 0.343 e. The summed E-state index contributed by atoms with van der Waals surface area (Å²) in [6, 6.07) is 24.6. The van der Waals surface area contributed by atoms with Crippen molar-refractivity contribution in [2.45, 2.75) is 6.29 Å². The van der Waals surface area contributed by atoms with Crippen molar-refractivity contribution >= 4 is 57.2 Å². The highest BCUT2D eigenvalue weighted by atomic mass is 79.9. The molecule has 1 N–H and O–H groups in total. The molecule has 1 amide bonds. The minimum absolute atomic E-state index is 0.224. The Hall–Kier alpha value is -4.05. The average Bonchev–Trinajstić information content (AvgIpc) is 2.95. The zero-order valence-electron chi connectivity index (χ0n) is 20.8. The zero-order chi connectivity index (χ0) is 28.5. The Kier molecular flexibility index (Phi) is 10.0. The second kappa shape index (κ2) is 13.8. The molecule has 4 aromatic carbocycles. The van der Waals surface area contributed by atoms with E-state index in [9.17, 15) is 9.59 Å². The monoisotopic (exact) mass is 642 g/mol. The van der Waals surface area contributed by atoms with Gasteiger partial charge in [0.05, 0.1) is 18.9 Å². The number of hydrogen-bond donors (Lipinski definition) is 1. The van der Waals surface area contributed by atoms with Gasteiger partial charge in [-0.3, -0.25) is 4.79 Å². The summed E-state index contributed by atoms with van der Waals surface area (Å²) in [6.07, 6.45) is 0.0101. The van der Waals surface area contributed by atoms with Crippen LogP contribution in [0.1, 0.15) is 15.9 Å². The van der Waals surface area contributed by atoms with Crippen LogP contribution in [0.3, 0.4) is 0 Å². The zero-order valence-corrected chi connectivity index (χ0v) is 23.9. The van der Waals surface area contributed by atoms with Gasteiger partial charge < -0.3 is 18.9 Å². The van der Waals surface area contributed by atoms with Crippen LogP contribution in [0, 0.1) is 0 Å². The lowest BCUT2D eigenvalue weighted by Gasteiger charge is -2.19. The number of carbonyl (C=O) groups is 2. The molecule has 8 nitrogen and oxygen atoms in total. The molecule has 0 aliphatic carbocycles. The summed E-state index contributed by atoms with van der Waals surface area (Å²) in [5.41, 5.74) is 3.34. The van der Waals surface area contributed by atoms with Crippen LogP contribution in [0.25, 0.3) is 0 Å². The van der Waals surface area contributed by atoms with E-state index < -0.39 is 18.2 Å². The molecule has 0 aliphatic heterocycles. The Bertz CT molecular complexity index is 1470. The number of halogens is 3. The number of nitrogens with zero attached hydrogens (tertiary/aromatic N) is 1. The highest BCUT2D eigenvalue weighted by Gasteiger charge is 2.23. The average molecular weight is 644 g/mol.